The Hall–Kier alpha value is -4.72. The van der Waals surface area contributed by atoms with Crippen LogP contribution in [0.3, 0.4) is 0 Å². The maximum atomic E-state index is 12.1. The van der Waals surface area contributed by atoms with E-state index < -0.39 is 0 Å². The maximum Gasteiger partial charge on any atom is 0.245 e. The number of ether oxygens (including phenoxy) is 4. The lowest BCUT2D eigenvalue weighted by Crippen LogP contribution is -2.46. The summed E-state index contributed by atoms with van der Waals surface area (Å²) >= 11 is 1.98. The quantitative estimate of drug-likeness (QED) is 0.0478. The summed E-state index contributed by atoms with van der Waals surface area (Å²) in [5.74, 6) is 2.59. The van der Waals surface area contributed by atoms with Crippen LogP contribution in [0.4, 0.5) is 11.5 Å². The Balaban J connectivity index is 0.000000237. The lowest BCUT2D eigenvalue weighted by atomic mass is 9.92. The third-order valence-corrected chi connectivity index (χ3v) is 14.4. The molecule has 4 amide bonds. The van der Waals surface area contributed by atoms with Crippen molar-refractivity contribution in [3.63, 3.8) is 0 Å². The van der Waals surface area contributed by atoms with Gasteiger partial charge in [0.2, 0.25) is 23.6 Å². The number of pyridine rings is 1. The topological polar surface area (TPSA) is 207 Å². The number of unbranched alkanes of at least 4 members (excludes halogenated alkanes) is 1. The van der Waals surface area contributed by atoms with Crippen molar-refractivity contribution in [2.75, 3.05) is 104 Å². The molecule has 0 bridgehead atoms. The highest BCUT2D eigenvalue weighted by Gasteiger charge is 2.42. The van der Waals surface area contributed by atoms with Crippen LogP contribution in [0.2, 0.25) is 0 Å². The molecular formula is C53H81N7O10S. The second-order valence-corrected chi connectivity index (χ2v) is 19.8. The first kappa shape index (κ1) is 58.8. The molecule has 2 aromatic rings. The molecule has 4 aliphatic rings. The Kier molecular flexibility index (Phi) is 27.4. The van der Waals surface area contributed by atoms with Crippen LogP contribution in [0.15, 0.2) is 49.1 Å². The SMILES string of the molecule is C=CC(=O)N1CCC(c2ccc(C(C)=O)c(Nc3ccc(C(C)=O)cc3)n2)CC1.CCCOCCOCCOCCC(=O)NC1CCCN(C)C1.COCCNC(=O)CCCC[C@@H]1SCC2NC(=O)CC21. The van der Waals surface area contributed by atoms with Crippen LogP contribution in [-0.4, -0.2) is 166 Å². The summed E-state index contributed by atoms with van der Waals surface area (Å²) in [5.41, 5.74) is 2.81. The third kappa shape index (κ3) is 21.9. The molecule has 0 spiro atoms. The second kappa shape index (κ2) is 33.1. The van der Waals surface area contributed by atoms with E-state index >= 15 is 0 Å². The van der Waals surface area contributed by atoms with E-state index in [9.17, 15) is 28.8 Å². The number of rotatable bonds is 26. The highest BCUT2D eigenvalue weighted by Crippen LogP contribution is 2.40. The van der Waals surface area contributed by atoms with Gasteiger partial charge in [0, 0.05) is 111 Å². The average Bonchev–Trinajstić information content (AvgIpc) is 3.92. The minimum Gasteiger partial charge on any atom is -0.383 e. The zero-order valence-corrected chi connectivity index (χ0v) is 43.8. The van der Waals surface area contributed by atoms with Crippen LogP contribution in [0.1, 0.15) is 124 Å². The molecule has 71 heavy (non-hydrogen) atoms. The van der Waals surface area contributed by atoms with Crippen molar-refractivity contribution in [3.05, 3.63) is 65.9 Å². The molecule has 4 saturated heterocycles. The number of fused-ring (bicyclic) bond motifs is 1. The number of likely N-dealkylation sites (N-methyl/N-ethyl adjacent to an activating group) is 1. The van der Waals surface area contributed by atoms with E-state index in [1.54, 1.807) is 42.3 Å². The number of nitrogens with one attached hydrogen (secondary N) is 4. The van der Waals surface area contributed by atoms with Gasteiger partial charge in [-0.3, -0.25) is 28.8 Å². The average molecular weight is 1010 g/mol. The molecule has 5 heterocycles. The number of ketones is 2. The molecule has 4 atom stereocenters. The van der Waals surface area contributed by atoms with E-state index in [0.717, 1.165) is 88.2 Å². The highest BCUT2D eigenvalue weighted by atomic mass is 32.2. The van der Waals surface area contributed by atoms with E-state index in [-0.39, 0.29) is 47.2 Å². The van der Waals surface area contributed by atoms with Gasteiger partial charge in [-0.05, 0) is 115 Å². The number of thioether (sulfide) groups is 1. The van der Waals surface area contributed by atoms with Gasteiger partial charge in [-0.1, -0.05) is 19.9 Å². The molecule has 0 saturated carbocycles. The summed E-state index contributed by atoms with van der Waals surface area (Å²) in [7, 11) is 3.72. The molecule has 4 aliphatic heterocycles. The summed E-state index contributed by atoms with van der Waals surface area (Å²) < 4.78 is 21.0. The first-order valence-electron chi connectivity index (χ1n) is 25.5. The number of aromatic nitrogens is 1. The molecule has 3 unspecified atom stereocenters. The van der Waals surface area contributed by atoms with Gasteiger partial charge < -0.3 is 50.0 Å². The van der Waals surface area contributed by atoms with E-state index in [1.807, 2.05) is 17.8 Å². The van der Waals surface area contributed by atoms with Crippen LogP contribution in [0.25, 0.3) is 0 Å². The molecule has 4 N–H and O–H groups in total. The van der Waals surface area contributed by atoms with Gasteiger partial charge in [0.25, 0.3) is 0 Å². The fraction of sp³-hybridized carbons (Fsp3) is 0.642. The van der Waals surface area contributed by atoms with Crippen molar-refractivity contribution in [1.82, 2.24) is 30.7 Å². The third-order valence-electron chi connectivity index (χ3n) is 12.8. The number of carbonyl (C=O) groups is 6. The summed E-state index contributed by atoms with van der Waals surface area (Å²) in [6.07, 6.45) is 11.0. The van der Waals surface area contributed by atoms with Gasteiger partial charge in [-0.15, -0.1) is 0 Å². The van der Waals surface area contributed by atoms with Crippen molar-refractivity contribution in [3.8, 4) is 0 Å². The fourth-order valence-corrected chi connectivity index (χ4v) is 10.6. The molecular weight excluding hydrogens is 927 g/mol. The van der Waals surface area contributed by atoms with Gasteiger partial charge in [0.15, 0.2) is 11.6 Å². The van der Waals surface area contributed by atoms with Crippen LogP contribution < -0.4 is 21.3 Å². The molecule has 17 nitrogen and oxygen atoms in total. The molecule has 1 aromatic heterocycles. The number of anilines is 2. The predicted octanol–water partition coefficient (Wildman–Crippen LogP) is 6.10. The smallest absolute Gasteiger partial charge is 0.245 e. The van der Waals surface area contributed by atoms with Crippen LogP contribution in [-0.2, 0) is 38.1 Å². The second-order valence-electron chi connectivity index (χ2n) is 18.5. The van der Waals surface area contributed by atoms with E-state index in [1.165, 1.54) is 19.9 Å². The number of likely N-dealkylation sites (tertiary alicyclic amines) is 2. The van der Waals surface area contributed by atoms with Crippen molar-refractivity contribution in [1.29, 1.82) is 0 Å². The minimum atomic E-state index is -0.0710. The largest absolute Gasteiger partial charge is 0.383 e. The lowest BCUT2D eigenvalue weighted by Gasteiger charge is -2.31. The van der Waals surface area contributed by atoms with Crippen LogP contribution >= 0.6 is 11.8 Å². The van der Waals surface area contributed by atoms with E-state index in [2.05, 4.69) is 46.7 Å². The van der Waals surface area contributed by atoms with Gasteiger partial charge in [-0.2, -0.15) is 11.8 Å². The Morgan fingerprint density at radius 1 is 0.859 bits per heavy atom. The van der Waals surface area contributed by atoms with Crippen molar-refractivity contribution in [2.45, 2.75) is 115 Å². The molecule has 1 aromatic carbocycles. The zero-order chi connectivity index (χ0) is 51.4. The maximum absolute atomic E-state index is 12.1. The van der Waals surface area contributed by atoms with Crippen LogP contribution in [0, 0.1) is 5.92 Å². The van der Waals surface area contributed by atoms with E-state index in [4.69, 9.17) is 23.9 Å². The number of benzene rings is 1. The Morgan fingerprint density at radius 3 is 2.21 bits per heavy atom. The normalized spacial score (nSPS) is 19.8. The van der Waals surface area contributed by atoms with Gasteiger partial charge in [0.05, 0.1) is 45.2 Å². The first-order valence-corrected chi connectivity index (χ1v) is 26.6. The summed E-state index contributed by atoms with van der Waals surface area (Å²) in [6.45, 7) is 16.7. The highest BCUT2D eigenvalue weighted by molar-refractivity contribution is 8.00. The number of methoxy groups -OCH3 is 1. The predicted molar refractivity (Wildman–Crippen MR) is 278 cm³/mol. The first-order chi connectivity index (χ1) is 34.3. The number of nitrogens with zero attached hydrogens (tertiary/aromatic N) is 3. The lowest BCUT2D eigenvalue weighted by molar-refractivity contribution is -0.127. The van der Waals surface area contributed by atoms with Gasteiger partial charge in [-0.25, -0.2) is 4.98 Å². The monoisotopic (exact) mass is 1010 g/mol. The molecule has 0 aliphatic carbocycles. The molecule has 18 heteroatoms. The van der Waals surface area contributed by atoms with Crippen molar-refractivity contribution >= 4 is 58.5 Å². The number of Topliss-reactive ketones (excluding diaryl/α,β-unsaturated/α-hetero) is 2. The Bertz CT molecular complexity index is 1980. The van der Waals surface area contributed by atoms with Crippen molar-refractivity contribution in [2.24, 2.45) is 5.92 Å². The molecule has 394 valence electrons. The zero-order valence-electron chi connectivity index (χ0n) is 42.9. The standard InChI is InChI=1S/C23H25N3O3.C16H32N2O4.C14H24N2O3S/c1-4-22(29)26-13-11-18(12-14-26)21-10-9-20(16(3)28)23(25-21)24-19-7-5-17(6-8-19)15(2)27;1-3-8-20-10-12-22-13-11-21-9-6-16(19)17-15-5-4-7-18(2)14-15;1-19-7-6-15-13(17)5-3-2-4-12-10-8-14(18)16-11(10)9-20-12/h4-10,18H,1,11-14H2,2-3H3,(H,24,25);15H,3-14H2,1-2H3,(H,17,19);10-12H,2-9H2,1H3,(H,15,17)(H,16,18)/t;;10?,11?,12-/m..0/s1. The number of carbonyl (C=O) groups excluding carboxylic acids is 6. The Labute approximate surface area is 426 Å². The summed E-state index contributed by atoms with van der Waals surface area (Å²) in [6, 6.07) is 11.5. The van der Waals surface area contributed by atoms with Crippen molar-refractivity contribution < 1.29 is 47.7 Å². The van der Waals surface area contributed by atoms with Gasteiger partial charge >= 0.3 is 0 Å². The molecule has 0 radical (unpaired) electrons. The number of piperidine rings is 2. The van der Waals surface area contributed by atoms with E-state index in [0.29, 0.717) is 113 Å². The number of hydrogen-bond donors (Lipinski definition) is 4. The minimum absolute atomic E-state index is 0.00220. The Morgan fingerprint density at radius 2 is 1.56 bits per heavy atom. The summed E-state index contributed by atoms with van der Waals surface area (Å²) in [4.78, 5) is 78.8. The number of hydrogen-bond acceptors (Lipinski definition) is 14. The number of amides is 4. The van der Waals surface area contributed by atoms with Crippen LogP contribution in [0.5, 0.6) is 0 Å². The molecule has 6 rings (SSSR count). The fourth-order valence-electron chi connectivity index (χ4n) is 8.91. The molecule has 4 fully saturated rings. The van der Waals surface area contributed by atoms with Gasteiger partial charge in [0.1, 0.15) is 5.82 Å². The summed E-state index contributed by atoms with van der Waals surface area (Å²) in [5, 5.41) is 12.8.